The minimum atomic E-state index is -0.698. The van der Waals surface area contributed by atoms with Crippen LogP contribution in [0, 0.1) is 10.8 Å². The summed E-state index contributed by atoms with van der Waals surface area (Å²) >= 11 is 0. The molecule has 1 heterocycles. The Balaban J connectivity index is 1.97. The van der Waals surface area contributed by atoms with Gasteiger partial charge in [0.2, 0.25) is 6.10 Å². The maximum atomic E-state index is 11.9. The van der Waals surface area contributed by atoms with Crippen LogP contribution in [0.3, 0.4) is 0 Å². The maximum absolute atomic E-state index is 11.9. The van der Waals surface area contributed by atoms with Gasteiger partial charge in [0.15, 0.2) is 0 Å². The molecule has 0 aromatic rings. The summed E-state index contributed by atoms with van der Waals surface area (Å²) in [5.74, 6) is -0.684. The predicted octanol–water partition coefficient (Wildman–Crippen LogP) is 1.67. The van der Waals surface area contributed by atoms with Crippen molar-refractivity contribution in [3.63, 3.8) is 0 Å². The van der Waals surface area contributed by atoms with Gasteiger partial charge in [-0.05, 0) is 25.7 Å². The second-order valence-corrected chi connectivity index (χ2v) is 5.77. The number of esters is 2. The lowest BCUT2D eigenvalue weighted by molar-refractivity contribution is -0.165. The van der Waals surface area contributed by atoms with E-state index in [1.54, 1.807) is 6.92 Å². The van der Waals surface area contributed by atoms with E-state index in [0.717, 1.165) is 6.42 Å². The monoisotopic (exact) mass is 226 g/mol. The van der Waals surface area contributed by atoms with E-state index in [-0.39, 0.29) is 17.5 Å². The summed E-state index contributed by atoms with van der Waals surface area (Å²) in [5, 5.41) is 0. The summed E-state index contributed by atoms with van der Waals surface area (Å²) in [4.78, 5) is 23.3. The fourth-order valence-electron chi connectivity index (χ4n) is 2.26. The first-order chi connectivity index (χ1) is 7.26. The Morgan fingerprint density at radius 1 is 1.44 bits per heavy atom. The quantitative estimate of drug-likeness (QED) is 0.672. The van der Waals surface area contributed by atoms with Crippen molar-refractivity contribution >= 4 is 11.9 Å². The van der Waals surface area contributed by atoms with Gasteiger partial charge in [0.25, 0.3) is 0 Å². The van der Waals surface area contributed by atoms with Crippen molar-refractivity contribution in [3.05, 3.63) is 0 Å². The summed E-state index contributed by atoms with van der Waals surface area (Å²) in [6.07, 6.45) is 0.443. The molecule has 0 bridgehead atoms. The highest BCUT2D eigenvalue weighted by atomic mass is 16.6. The van der Waals surface area contributed by atoms with E-state index in [4.69, 9.17) is 9.47 Å². The van der Waals surface area contributed by atoms with E-state index >= 15 is 0 Å². The van der Waals surface area contributed by atoms with Crippen molar-refractivity contribution in [3.8, 4) is 0 Å². The van der Waals surface area contributed by atoms with Crippen LogP contribution in [0.1, 0.15) is 40.5 Å². The van der Waals surface area contributed by atoms with E-state index in [2.05, 4.69) is 0 Å². The molecule has 2 aliphatic rings. The molecule has 0 radical (unpaired) electrons. The van der Waals surface area contributed by atoms with Crippen LogP contribution in [0.2, 0.25) is 0 Å². The molecule has 2 fully saturated rings. The van der Waals surface area contributed by atoms with Crippen molar-refractivity contribution in [2.75, 3.05) is 0 Å². The Labute approximate surface area is 95.3 Å². The van der Waals surface area contributed by atoms with Gasteiger partial charge >= 0.3 is 11.9 Å². The lowest BCUT2D eigenvalue weighted by Crippen LogP contribution is -2.29. The Hall–Kier alpha value is -1.06. The second kappa shape index (κ2) is 3.22. The van der Waals surface area contributed by atoms with Gasteiger partial charge in [-0.15, -0.1) is 0 Å². The molecule has 2 rings (SSSR count). The lowest BCUT2D eigenvalue weighted by Gasteiger charge is -2.16. The topological polar surface area (TPSA) is 52.6 Å². The van der Waals surface area contributed by atoms with Crippen LogP contribution >= 0.6 is 0 Å². The largest absolute Gasteiger partial charge is 0.460 e. The van der Waals surface area contributed by atoms with Crippen molar-refractivity contribution in [2.24, 2.45) is 10.8 Å². The Bertz CT molecular complexity index is 347. The zero-order chi connectivity index (χ0) is 12.1. The third kappa shape index (κ3) is 1.60. The summed E-state index contributed by atoms with van der Waals surface area (Å²) in [7, 11) is 0. The highest BCUT2D eigenvalue weighted by molar-refractivity contribution is 5.85. The van der Waals surface area contributed by atoms with E-state index in [9.17, 15) is 9.59 Å². The number of carbonyl (C=O) groups excluding carboxylic acids is 2. The second-order valence-electron chi connectivity index (χ2n) is 5.77. The van der Waals surface area contributed by atoms with Crippen LogP contribution in [0.5, 0.6) is 0 Å². The van der Waals surface area contributed by atoms with E-state index in [1.165, 1.54) is 0 Å². The standard InChI is InChI=1S/C12H18O4/c1-7-5-8(9(13)15-7)16-10(14)12(4)6-11(12,2)3/h7-8H,5-6H2,1-4H3. The molecule has 0 aromatic heterocycles. The number of cyclic esters (lactones) is 1. The van der Waals surface area contributed by atoms with Crippen molar-refractivity contribution < 1.29 is 19.1 Å². The van der Waals surface area contributed by atoms with Crippen LogP contribution in [0.4, 0.5) is 0 Å². The molecule has 4 nitrogen and oxygen atoms in total. The highest BCUT2D eigenvalue weighted by Crippen LogP contribution is 2.63. The Morgan fingerprint density at radius 2 is 2.00 bits per heavy atom. The average molecular weight is 226 g/mol. The van der Waals surface area contributed by atoms with Crippen LogP contribution in [-0.2, 0) is 19.1 Å². The highest BCUT2D eigenvalue weighted by Gasteiger charge is 2.64. The van der Waals surface area contributed by atoms with E-state index < -0.39 is 17.5 Å². The third-order valence-electron chi connectivity index (χ3n) is 3.99. The minimum absolute atomic E-state index is 0.0157. The van der Waals surface area contributed by atoms with E-state index in [1.807, 2.05) is 20.8 Å². The van der Waals surface area contributed by atoms with Gasteiger partial charge in [-0.2, -0.15) is 0 Å². The average Bonchev–Trinajstić information content (AvgIpc) is 2.48. The fraction of sp³-hybridized carbons (Fsp3) is 0.833. The zero-order valence-electron chi connectivity index (χ0n) is 10.2. The molecule has 4 heteroatoms. The number of hydrogen-bond donors (Lipinski definition) is 0. The van der Waals surface area contributed by atoms with Crippen molar-refractivity contribution in [2.45, 2.75) is 52.7 Å². The molecule has 3 atom stereocenters. The van der Waals surface area contributed by atoms with Crippen LogP contribution in [0.25, 0.3) is 0 Å². The molecule has 0 aromatic carbocycles. The number of carbonyl (C=O) groups is 2. The van der Waals surface area contributed by atoms with Crippen LogP contribution in [-0.4, -0.2) is 24.1 Å². The van der Waals surface area contributed by atoms with Crippen LogP contribution in [0.15, 0.2) is 0 Å². The molecule has 0 spiro atoms. The summed E-state index contributed by atoms with van der Waals surface area (Å²) < 4.78 is 10.2. The minimum Gasteiger partial charge on any atom is -0.460 e. The van der Waals surface area contributed by atoms with Crippen molar-refractivity contribution in [1.29, 1.82) is 0 Å². The van der Waals surface area contributed by atoms with Gasteiger partial charge in [-0.25, -0.2) is 4.79 Å². The predicted molar refractivity (Wildman–Crippen MR) is 56.6 cm³/mol. The Morgan fingerprint density at radius 3 is 2.38 bits per heavy atom. The molecule has 0 amide bonds. The molecule has 1 saturated carbocycles. The third-order valence-corrected chi connectivity index (χ3v) is 3.99. The lowest BCUT2D eigenvalue weighted by atomic mass is 9.98. The number of rotatable bonds is 2. The van der Waals surface area contributed by atoms with Gasteiger partial charge in [0, 0.05) is 6.42 Å². The molecule has 0 N–H and O–H groups in total. The smallest absolute Gasteiger partial charge is 0.347 e. The zero-order valence-corrected chi connectivity index (χ0v) is 10.2. The summed E-state index contributed by atoms with van der Waals surface area (Å²) in [5.41, 5.74) is -0.447. The molecule has 16 heavy (non-hydrogen) atoms. The van der Waals surface area contributed by atoms with Gasteiger partial charge in [-0.1, -0.05) is 13.8 Å². The van der Waals surface area contributed by atoms with Gasteiger partial charge in [-0.3, -0.25) is 4.79 Å². The normalized spacial score (nSPS) is 40.4. The van der Waals surface area contributed by atoms with E-state index in [0.29, 0.717) is 6.42 Å². The van der Waals surface area contributed by atoms with Crippen molar-refractivity contribution in [1.82, 2.24) is 0 Å². The molecule has 3 unspecified atom stereocenters. The number of ether oxygens (including phenoxy) is 2. The first-order valence-electron chi connectivity index (χ1n) is 5.68. The van der Waals surface area contributed by atoms with Gasteiger partial charge in [0.05, 0.1) is 5.41 Å². The summed E-state index contributed by atoms with van der Waals surface area (Å²) in [6.45, 7) is 7.75. The maximum Gasteiger partial charge on any atom is 0.347 e. The molecule has 1 aliphatic heterocycles. The first kappa shape index (κ1) is 11.4. The van der Waals surface area contributed by atoms with Crippen LogP contribution < -0.4 is 0 Å². The van der Waals surface area contributed by atoms with Gasteiger partial charge in [0.1, 0.15) is 6.10 Å². The molecular formula is C12H18O4. The molecule has 1 saturated heterocycles. The molecular weight excluding hydrogens is 208 g/mol. The molecule has 1 aliphatic carbocycles. The first-order valence-corrected chi connectivity index (χ1v) is 5.68. The SMILES string of the molecule is CC1CC(OC(=O)C2(C)CC2(C)C)C(=O)O1. The molecule has 90 valence electrons. The van der Waals surface area contributed by atoms with Gasteiger partial charge < -0.3 is 9.47 Å². The number of hydrogen-bond acceptors (Lipinski definition) is 4. The summed E-state index contributed by atoms with van der Waals surface area (Å²) in [6, 6.07) is 0. The Kier molecular flexibility index (Phi) is 2.30. The fourth-order valence-corrected chi connectivity index (χ4v) is 2.26.